The smallest absolute Gasteiger partial charge is 0.148 e. The van der Waals surface area contributed by atoms with Crippen LogP contribution in [0.25, 0.3) is 0 Å². The van der Waals surface area contributed by atoms with Crippen molar-refractivity contribution in [2.75, 3.05) is 0 Å². The first kappa shape index (κ1) is 8.46. The van der Waals surface area contributed by atoms with Gasteiger partial charge in [0.05, 0.1) is 11.9 Å². The van der Waals surface area contributed by atoms with E-state index >= 15 is 0 Å². The average molecular weight is 175 g/mol. The van der Waals surface area contributed by atoms with Crippen LogP contribution in [0.1, 0.15) is 17.9 Å². The third-order valence-corrected chi connectivity index (χ3v) is 1.48. The van der Waals surface area contributed by atoms with Crippen molar-refractivity contribution in [1.82, 2.24) is 4.98 Å². The molecule has 0 aliphatic rings. The van der Waals surface area contributed by atoms with Gasteiger partial charge in [0.1, 0.15) is 11.6 Å². The SMILES string of the molecule is CC(S)c1ncc(F)cc1F. The van der Waals surface area contributed by atoms with Gasteiger partial charge in [0.2, 0.25) is 0 Å². The summed E-state index contributed by atoms with van der Waals surface area (Å²) in [5.41, 5.74) is 0.176. The highest BCUT2D eigenvalue weighted by Gasteiger charge is 2.08. The molecule has 0 aliphatic heterocycles. The summed E-state index contributed by atoms with van der Waals surface area (Å²) in [6, 6.07) is 0.801. The predicted octanol–water partition coefficient (Wildman–Crippen LogP) is 2.35. The molecule has 0 N–H and O–H groups in total. The molecular weight excluding hydrogens is 168 g/mol. The molecule has 0 saturated carbocycles. The van der Waals surface area contributed by atoms with E-state index in [-0.39, 0.29) is 10.9 Å². The van der Waals surface area contributed by atoms with Crippen molar-refractivity contribution in [3.63, 3.8) is 0 Å². The Kier molecular flexibility index (Phi) is 2.44. The molecule has 0 aliphatic carbocycles. The summed E-state index contributed by atoms with van der Waals surface area (Å²) in [6.45, 7) is 1.67. The van der Waals surface area contributed by atoms with E-state index in [4.69, 9.17) is 0 Å². The van der Waals surface area contributed by atoms with Gasteiger partial charge in [0.25, 0.3) is 0 Å². The van der Waals surface area contributed by atoms with Gasteiger partial charge in [0.15, 0.2) is 0 Å². The summed E-state index contributed by atoms with van der Waals surface area (Å²) in [5, 5.41) is -0.310. The van der Waals surface area contributed by atoms with Crippen molar-refractivity contribution in [3.05, 3.63) is 29.6 Å². The minimum atomic E-state index is -0.666. The summed E-state index contributed by atoms with van der Waals surface area (Å²) in [4.78, 5) is 3.55. The fourth-order valence-corrected chi connectivity index (χ4v) is 0.923. The van der Waals surface area contributed by atoms with E-state index in [1.165, 1.54) is 0 Å². The van der Waals surface area contributed by atoms with Gasteiger partial charge in [0, 0.05) is 11.3 Å². The van der Waals surface area contributed by atoms with Crippen LogP contribution < -0.4 is 0 Å². The number of pyridine rings is 1. The van der Waals surface area contributed by atoms with Crippen LogP contribution in [-0.2, 0) is 0 Å². The zero-order valence-corrected chi connectivity index (χ0v) is 6.78. The van der Waals surface area contributed by atoms with E-state index in [1.807, 2.05) is 0 Å². The Morgan fingerprint density at radius 2 is 2.18 bits per heavy atom. The van der Waals surface area contributed by atoms with Gasteiger partial charge in [-0.25, -0.2) is 8.78 Å². The van der Waals surface area contributed by atoms with Crippen LogP contribution >= 0.6 is 12.6 Å². The zero-order chi connectivity index (χ0) is 8.43. The highest BCUT2D eigenvalue weighted by Crippen LogP contribution is 2.19. The topological polar surface area (TPSA) is 12.9 Å². The maximum Gasteiger partial charge on any atom is 0.148 e. The van der Waals surface area contributed by atoms with Gasteiger partial charge in [-0.1, -0.05) is 0 Å². The lowest BCUT2D eigenvalue weighted by atomic mass is 10.3. The molecule has 0 saturated heterocycles. The number of nitrogens with zero attached hydrogens (tertiary/aromatic N) is 1. The van der Waals surface area contributed by atoms with E-state index < -0.39 is 11.6 Å². The number of thiol groups is 1. The molecular formula is C7H7F2NS. The van der Waals surface area contributed by atoms with Crippen LogP contribution in [0.4, 0.5) is 8.78 Å². The molecule has 11 heavy (non-hydrogen) atoms. The van der Waals surface area contributed by atoms with Gasteiger partial charge < -0.3 is 0 Å². The van der Waals surface area contributed by atoms with Crippen LogP contribution in [0.15, 0.2) is 12.3 Å². The quantitative estimate of drug-likeness (QED) is 0.646. The van der Waals surface area contributed by atoms with E-state index in [2.05, 4.69) is 17.6 Å². The molecule has 1 nitrogen and oxygen atoms in total. The van der Waals surface area contributed by atoms with Crippen molar-refractivity contribution in [1.29, 1.82) is 0 Å². The highest BCUT2D eigenvalue weighted by molar-refractivity contribution is 7.80. The summed E-state index contributed by atoms with van der Waals surface area (Å²) in [6.07, 6.45) is 0.977. The van der Waals surface area contributed by atoms with Crippen LogP contribution in [0.3, 0.4) is 0 Å². The van der Waals surface area contributed by atoms with Crippen LogP contribution in [0, 0.1) is 11.6 Å². The third-order valence-electron chi connectivity index (χ3n) is 1.23. The fraction of sp³-hybridized carbons (Fsp3) is 0.286. The maximum atomic E-state index is 12.7. The Morgan fingerprint density at radius 3 is 2.64 bits per heavy atom. The molecule has 0 radical (unpaired) electrons. The summed E-state index contributed by atoms with van der Waals surface area (Å²) in [5.74, 6) is -1.31. The third kappa shape index (κ3) is 1.89. The Labute approximate surface area is 68.9 Å². The lowest BCUT2D eigenvalue weighted by Crippen LogP contribution is -1.96. The zero-order valence-electron chi connectivity index (χ0n) is 5.88. The van der Waals surface area contributed by atoms with Crippen molar-refractivity contribution in [3.8, 4) is 0 Å². The second-order valence-corrected chi connectivity index (χ2v) is 2.97. The van der Waals surface area contributed by atoms with Gasteiger partial charge >= 0.3 is 0 Å². The average Bonchev–Trinajstić information content (AvgIpc) is 1.85. The van der Waals surface area contributed by atoms with Gasteiger partial charge in [-0.15, -0.1) is 0 Å². The van der Waals surface area contributed by atoms with Crippen molar-refractivity contribution in [2.24, 2.45) is 0 Å². The van der Waals surface area contributed by atoms with E-state index in [1.54, 1.807) is 6.92 Å². The van der Waals surface area contributed by atoms with Gasteiger partial charge in [-0.2, -0.15) is 12.6 Å². The number of aromatic nitrogens is 1. The van der Waals surface area contributed by atoms with Crippen molar-refractivity contribution >= 4 is 12.6 Å². The molecule has 1 unspecified atom stereocenters. The minimum absolute atomic E-state index is 0.176. The lowest BCUT2D eigenvalue weighted by Gasteiger charge is -2.03. The van der Waals surface area contributed by atoms with Crippen LogP contribution in [-0.4, -0.2) is 4.98 Å². The number of hydrogen-bond acceptors (Lipinski definition) is 2. The molecule has 1 aromatic heterocycles. The molecule has 0 aromatic carbocycles. The first-order valence-corrected chi connectivity index (χ1v) is 3.62. The summed E-state index contributed by atoms with van der Waals surface area (Å²) in [7, 11) is 0. The lowest BCUT2D eigenvalue weighted by molar-refractivity contribution is 0.559. The van der Waals surface area contributed by atoms with Gasteiger partial charge in [-0.3, -0.25) is 4.98 Å². The minimum Gasteiger partial charge on any atom is -0.254 e. The predicted molar refractivity (Wildman–Crippen MR) is 41.6 cm³/mol. The molecule has 0 fully saturated rings. The first-order chi connectivity index (χ1) is 5.11. The largest absolute Gasteiger partial charge is 0.254 e. The van der Waals surface area contributed by atoms with E-state index in [0.717, 1.165) is 12.3 Å². The Hall–Kier alpha value is -0.640. The Morgan fingerprint density at radius 1 is 1.55 bits per heavy atom. The second kappa shape index (κ2) is 3.17. The monoisotopic (exact) mass is 175 g/mol. The normalized spacial score (nSPS) is 13.1. The summed E-state index contributed by atoms with van der Waals surface area (Å²) < 4.78 is 25.0. The maximum absolute atomic E-state index is 12.7. The molecule has 60 valence electrons. The molecule has 0 spiro atoms. The first-order valence-electron chi connectivity index (χ1n) is 3.10. The van der Waals surface area contributed by atoms with Gasteiger partial charge in [-0.05, 0) is 6.92 Å². The van der Waals surface area contributed by atoms with Crippen LogP contribution in [0.5, 0.6) is 0 Å². The molecule has 1 atom stereocenters. The second-order valence-electron chi connectivity index (χ2n) is 2.20. The molecule has 4 heteroatoms. The number of hydrogen-bond donors (Lipinski definition) is 1. The van der Waals surface area contributed by atoms with Crippen LogP contribution in [0.2, 0.25) is 0 Å². The Balaban J connectivity index is 3.09. The molecule has 0 bridgehead atoms. The van der Waals surface area contributed by atoms with E-state index in [0.29, 0.717) is 0 Å². The molecule has 1 rings (SSSR count). The number of rotatable bonds is 1. The molecule has 0 amide bonds. The van der Waals surface area contributed by atoms with E-state index in [9.17, 15) is 8.78 Å². The number of halogens is 2. The molecule has 1 aromatic rings. The van der Waals surface area contributed by atoms with Crippen molar-refractivity contribution in [2.45, 2.75) is 12.2 Å². The molecule has 1 heterocycles. The Bertz CT molecular complexity index is 263. The van der Waals surface area contributed by atoms with Crippen molar-refractivity contribution < 1.29 is 8.78 Å². The standard InChI is InChI=1S/C7H7F2NS/c1-4(11)7-6(9)2-5(8)3-10-7/h2-4,11H,1H3. The fourth-order valence-electron chi connectivity index (χ4n) is 0.733. The summed E-state index contributed by atoms with van der Waals surface area (Å²) >= 11 is 3.97. The highest BCUT2D eigenvalue weighted by atomic mass is 32.1.